The number of amides is 2. The first-order valence-electron chi connectivity index (χ1n) is 8.52. The first-order chi connectivity index (χ1) is 11.6. The number of carbonyl (C=O) groups excluding carboxylic acids is 2. The zero-order chi connectivity index (χ0) is 16.7. The predicted molar refractivity (Wildman–Crippen MR) is 91.7 cm³/mol. The molecule has 3 heterocycles. The highest BCUT2D eigenvalue weighted by Gasteiger charge is 2.38. The van der Waals surface area contributed by atoms with Crippen LogP contribution in [0.5, 0.6) is 0 Å². The predicted octanol–water partition coefficient (Wildman–Crippen LogP) is 0.844. The van der Waals surface area contributed by atoms with Crippen molar-refractivity contribution in [2.75, 3.05) is 31.1 Å². The number of fused-ring (bicyclic) bond motifs is 1. The van der Waals surface area contributed by atoms with Gasteiger partial charge in [-0.25, -0.2) is 0 Å². The third-order valence-corrected chi connectivity index (χ3v) is 5.10. The summed E-state index contributed by atoms with van der Waals surface area (Å²) in [5.41, 5.74) is 3.65. The first-order valence-corrected chi connectivity index (χ1v) is 8.52. The van der Waals surface area contributed by atoms with Crippen LogP contribution in [0.25, 0.3) is 0 Å². The van der Waals surface area contributed by atoms with E-state index in [1.54, 1.807) is 4.90 Å². The van der Waals surface area contributed by atoms with Crippen molar-refractivity contribution >= 4 is 17.5 Å². The van der Waals surface area contributed by atoms with E-state index in [1.807, 2.05) is 12.1 Å². The molecule has 0 radical (unpaired) electrons. The average Bonchev–Trinajstić information content (AvgIpc) is 2.92. The summed E-state index contributed by atoms with van der Waals surface area (Å²) in [6.07, 6.45) is 1.37. The monoisotopic (exact) mass is 326 g/mol. The van der Waals surface area contributed by atoms with E-state index in [2.05, 4.69) is 28.2 Å². The molecule has 1 atom stereocenters. The zero-order valence-electron chi connectivity index (χ0n) is 13.7. The summed E-state index contributed by atoms with van der Waals surface area (Å²) in [5, 5.41) is 6.12. The largest absolute Gasteiger partial charge is 0.369 e. The van der Waals surface area contributed by atoms with Crippen LogP contribution in [0.4, 0.5) is 5.69 Å². The van der Waals surface area contributed by atoms with Crippen LogP contribution in [0.15, 0.2) is 30.5 Å². The highest BCUT2D eigenvalue weighted by Crippen LogP contribution is 2.31. The molecule has 4 rings (SSSR count). The van der Waals surface area contributed by atoms with Crippen molar-refractivity contribution in [3.8, 4) is 0 Å². The summed E-state index contributed by atoms with van der Waals surface area (Å²) in [6.45, 7) is 8.23. The number of benzene rings is 1. The lowest BCUT2D eigenvalue weighted by Crippen LogP contribution is -2.49. The average molecular weight is 326 g/mol. The minimum atomic E-state index is -0.391. The van der Waals surface area contributed by atoms with Crippen LogP contribution in [0.1, 0.15) is 28.8 Å². The number of hydrogen-bond donors (Lipinski definition) is 2. The molecule has 0 aliphatic carbocycles. The maximum absolute atomic E-state index is 12.7. The Kier molecular flexibility index (Phi) is 3.76. The number of hydrogen-bond acceptors (Lipinski definition) is 4. The Balaban J connectivity index is 1.55. The molecule has 1 aromatic carbocycles. The summed E-state index contributed by atoms with van der Waals surface area (Å²) in [4.78, 5) is 29.0. The quantitative estimate of drug-likeness (QED) is 0.845. The molecule has 3 aliphatic heterocycles. The third-order valence-electron chi connectivity index (χ3n) is 5.10. The molecular formula is C18H22N4O2. The van der Waals surface area contributed by atoms with Gasteiger partial charge in [0.1, 0.15) is 6.04 Å². The van der Waals surface area contributed by atoms with Gasteiger partial charge in [0, 0.05) is 49.7 Å². The van der Waals surface area contributed by atoms with Gasteiger partial charge >= 0.3 is 0 Å². The Morgan fingerprint density at radius 3 is 2.71 bits per heavy atom. The van der Waals surface area contributed by atoms with Crippen molar-refractivity contribution in [1.29, 1.82) is 0 Å². The van der Waals surface area contributed by atoms with Crippen molar-refractivity contribution in [1.82, 2.24) is 15.5 Å². The standard InChI is InChI=1S/C18H22N4O2/c1-12-2-5-16(17(23)20-12)22-11-13-10-14(3-4-15(13)18(22)24)21-8-6-19-7-9-21/h3-4,10,16,19H,1-2,5-9,11H2,(H,20,23). The Labute approximate surface area is 141 Å². The zero-order valence-corrected chi connectivity index (χ0v) is 13.7. The molecule has 0 aromatic heterocycles. The number of allylic oxidation sites excluding steroid dienone is 1. The molecule has 1 aromatic rings. The molecule has 126 valence electrons. The molecule has 3 aliphatic rings. The van der Waals surface area contributed by atoms with Crippen LogP contribution in [-0.2, 0) is 11.3 Å². The molecule has 2 amide bonds. The van der Waals surface area contributed by atoms with Crippen LogP contribution in [-0.4, -0.2) is 48.9 Å². The van der Waals surface area contributed by atoms with Crippen molar-refractivity contribution < 1.29 is 9.59 Å². The Hall–Kier alpha value is -2.34. The van der Waals surface area contributed by atoms with E-state index < -0.39 is 6.04 Å². The molecule has 24 heavy (non-hydrogen) atoms. The van der Waals surface area contributed by atoms with E-state index in [-0.39, 0.29) is 11.8 Å². The topological polar surface area (TPSA) is 64.7 Å². The second-order valence-corrected chi connectivity index (χ2v) is 6.66. The fourth-order valence-corrected chi connectivity index (χ4v) is 3.76. The summed E-state index contributed by atoms with van der Waals surface area (Å²) >= 11 is 0. The fourth-order valence-electron chi connectivity index (χ4n) is 3.76. The van der Waals surface area contributed by atoms with Gasteiger partial charge in [-0.3, -0.25) is 9.59 Å². The van der Waals surface area contributed by atoms with E-state index in [4.69, 9.17) is 0 Å². The molecule has 6 heteroatoms. The second kappa shape index (κ2) is 5.94. The SMILES string of the molecule is C=C1CCC(N2Cc3cc(N4CCNCC4)ccc3C2=O)C(=O)N1. The molecule has 0 saturated carbocycles. The Morgan fingerprint density at radius 2 is 1.96 bits per heavy atom. The van der Waals surface area contributed by atoms with Gasteiger partial charge < -0.3 is 20.4 Å². The van der Waals surface area contributed by atoms with Crippen molar-refractivity contribution in [3.63, 3.8) is 0 Å². The number of carbonyl (C=O) groups is 2. The number of nitrogens with zero attached hydrogens (tertiary/aromatic N) is 2. The Bertz CT molecular complexity index is 709. The summed E-state index contributed by atoms with van der Waals surface area (Å²) in [7, 11) is 0. The molecule has 1 unspecified atom stereocenters. The van der Waals surface area contributed by atoms with Gasteiger partial charge in [0.05, 0.1) is 0 Å². The van der Waals surface area contributed by atoms with Crippen LogP contribution in [0.3, 0.4) is 0 Å². The molecule has 0 bridgehead atoms. The van der Waals surface area contributed by atoms with Crippen LogP contribution >= 0.6 is 0 Å². The number of piperidine rings is 1. The van der Waals surface area contributed by atoms with E-state index in [0.29, 0.717) is 13.0 Å². The molecule has 2 saturated heterocycles. The number of rotatable bonds is 2. The highest BCUT2D eigenvalue weighted by molar-refractivity contribution is 6.01. The number of anilines is 1. The first kappa shape index (κ1) is 15.2. The second-order valence-electron chi connectivity index (χ2n) is 6.66. The van der Waals surface area contributed by atoms with E-state index in [9.17, 15) is 9.59 Å². The van der Waals surface area contributed by atoms with Crippen molar-refractivity contribution in [2.45, 2.75) is 25.4 Å². The molecule has 2 N–H and O–H groups in total. The summed E-state index contributed by atoms with van der Waals surface area (Å²) < 4.78 is 0. The van der Waals surface area contributed by atoms with Gasteiger partial charge in [0.15, 0.2) is 0 Å². The highest BCUT2D eigenvalue weighted by atomic mass is 16.2. The third kappa shape index (κ3) is 2.57. The van der Waals surface area contributed by atoms with E-state index in [0.717, 1.165) is 55.1 Å². The minimum absolute atomic E-state index is 0.0375. The molecule has 6 nitrogen and oxygen atoms in total. The number of nitrogens with one attached hydrogen (secondary N) is 2. The lowest BCUT2D eigenvalue weighted by molar-refractivity contribution is -0.126. The van der Waals surface area contributed by atoms with Crippen molar-refractivity contribution in [2.24, 2.45) is 0 Å². The minimum Gasteiger partial charge on any atom is -0.369 e. The fraction of sp³-hybridized carbons (Fsp3) is 0.444. The van der Waals surface area contributed by atoms with Crippen molar-refractivity contribution in [3.05, 3.63) is 41.6 Å². The van der Waals surface area contributed by atoms with Gasteiger partial charge in [-0.05, 0) is 36.6 Å². The van der Waals surface area contributed by atoms with Gasteiger partial charge in [0.2, 0.25) is 5.91 Å². The maximum Gasteiger partial charge on any atom is 0.255 e. The van der Waals surface area contributed by atoms with Crippen LogP contribution < -0.4 is 15.5 Å². The van der Waals surface area contributed by atoms with E-state index >= 15 is 0 Å². The van der Waals surface area contributed by atoms with Gasteiger partial charge in [-0.2, -0.15) is 0 Å². The van der Waals surface area contributed by atoms with Crippen LogP contribution in [0, 0.1) is 0 Å². The molecular weight excluding hydrogens is 304 g/mol. The van der Waals surface area contributed by atoms with Gasteiger partial charge in [-0.1, -0.05) is 6.58 Å². The lowest BCUT2D eigenvalue weighted by atomic mass is 10.0. The van der Waals surface area contributed by atoms with Gasteiger partial charge in [0.25, 0.3) is 5.91 Å². The number of piperazine rings is 1. The molecule has 0 spiro atoms. The summed E-state index contributed by atoms with van der Waals surface area (Å²) in [5.74, 6) is -0.153. The molecule has 2 fully saturated rings. The smallest absolute Gasteiger partial charge is 0.255 e. The summed E-state index contributed by atoms with van der Waals surface area (Å²) in [6, 6.07) is 5.65. The maximum atomic E-state index is 12.7. The Morgan fingerprint density at radius 1 is 1.17 bits per heavy atom. The van der Waals surface area contributed by atoms with E-state index in [1.165, 1.54) is 0 Å². The van der Waals surface area contributed by atoms with Gasteiger partial charge in [-0.15, -0.1) is 0 Å². The van der Waals surface area contributed by atoms with Crippen LogP contribution in [0.2, 0.25) is 0 Å². The normalized spacial score (nSPS) is 24.2. The lowest BCUT2D eigenvalue weighted by Gasteiger charge is -2.31.